The number of nitrogens with zero attached hydrogens (tertiary/aromatic N) is 1. The molecule has 2 rings (SSSR count). The Hall–Kier alpha value is -1.26. The third-order valence-electron chi connectivity index (χ3n) is 3.61. The summed E-state index contributed by atoms with van der Waals surface area (Å²) in [6.07, 6.45) is 3.34. The van der Waals surface area contributed by atoms with Crippen molar-refractivity contribution in [2.45, 2.75) is 32.7 Å². The molecular weight excluding hydrogens is 252 g/mol. The van der Waals surface area contributed by atoms with Crippen LogP contribution in [0, 0.1) is 0 Å². The maximum absolute atomic E-state index is 8.77. The van der Waals surface area contributed by atoms with Crippen LogP contribution in [0.5, 0.6) is 5.75 Å². The Morgan fingerprint density at radius 1 is 1.30 bits per heavy atom. The Balaban J connectivity index is 2.02. The van der Waals surface area contributed by atoms with Crippen molar-refractivity contribution in [1.29, 1.82) is 0 Å². The first-order valence-corrected chi connectivity index (χ1v) is 7.67. The van der Waals surface area contributed by atoms with Crippen LogP contribution in [0.3, 0.4) is 0 Å². The van der Waals surface area contributed by atoms with Gasteiger partial charge in [0, 0.05) is 26.2 Å². The molecule has 0 aliphatic carbocycles. The lowest BCUT2D eigenvalue weighted by atomic mass is 10.1. The summed E-state index contributed by atoms with van der Waals surface area (Å²) in [7, 11) is 0. The summed E-state index contributed by atoms with van der Waals surface area (Å²) in [5, 5.41) is 12.1. The smallest absolute Gasteiger partial charge is 0.142 e. The Labute approximate surface area is 121 Å². The minimum Gasteiger partial charge on any atom is -0.492 e. The highest BCUT2D eigenvalue weighted by atomic mass is 16.5. The van der Waals surface area contributed by atoms with E-state index in [-0.39, 0.29) is 6.61 Å². The van der Waals surface area contributed by atoms with Gasteiger partial charge in [-0.05, 0) is 50.4 Å². The molecule has 1 fully saturated rings. The van der Waals surface area contributed by atoms with Crippen LogP contribution in [-0.2, 0) is 6.54 Å². The number of hydrogen-bond acceptors (Lipinski definition) is 4. The molecule has 1 heterocycles. The molecule has 1 aromatic rings. The maximum atomic E-state index is 8.77. The van der Waals surface area contributed by atoms with Gasteiger partial charge < -0.3 is 20.1 Å². The Kier molecular flexibility index (Phi) is 6.15. The van der Waals surface area contributed by atoms with Crippen LogP contribution in [0.4, 0.5) is 5.69 Å². The summed E-state index contributed by atoms with van der Waals surface area (Å²) < 4.78 is 5.81. The van der Waals surface area contributed by atoms with Crippen molar-refractivity contribution in [3.63, 3.8) is 0 Å². The Morgan fingerprint density at radius 3 is 2.80 bits per heavy atom. The quantitative estimate of drug-likeness (QED) is 0.715. The molecule has 1 aromatic carbocycles. The van der Waals surface area contributed by atoms with Crippen molar-refractivity contribution >= 4 is 5.69 Å². The van der Waals surface area contributed by atoms with Crippen molar-refractivity contribution in [2.75, 3.05) is 37.7 Å². The highest BCUT2D eigenvalue weighted by Gasteiger charge is 2.16. The van der Waals surface area contributed by atoms with Crippen LogP contribution in [-0.4, -0.2) is 38.0 Å². The van der Waals surface area contributed by atoms with Crippen molar-refractivity contribution in [3.8, 4) is 5.75 Å². The molecule has 0 aromatic heterocycles. The van der Waals surface area contributed by atoms with E-state index in [9.17, 15) is 0 Å². The molecule has 20 heavy (non-hydrogen) atoms. The normalized spacial score (nSPS) is 14.8. The molecular formula is C16H26N2O2. The number of nitrogens with one attached hydrogen (secondary N) is 1. The fraction of sp³-hybridized carbons (Fsp3) is 0.625. The maximum Gasteiger partial charge on any atom is 0.142 e. The van der Waals surface area contributed by atoms with Gasteiger partial charge in [-0.25, -0.2) is 0 Å². The molecule has 0 radical (unpaired) electrons. The van der Waals surface area contributed by atoms with Crippen molar-refractivity contribution < 1.29 is 9.84 Å². The number of benzene rings is 1. The van der Waals surface area contributed by atoms with Gasteiger partial charge in [0.25, 0.3) is 0 Å². The molecule has 4 nitrogen and oxygen atoms in total. The monoisotopic (exact) mass is 278 g/mol. The molecule has 2 N–H and O–H groups in total. The lowest BCUT2D eigenvalue weighted by molar-refractivity contribution is 0.286. The van der Waals surface area contributed by atoms with Gasteiger partial charge in [0.05, 0.1) is 12.3 Å². The van der Waals surface area contributed by atoms with Gasteiger partial charge in [0.1, 0.15) is 5.75 Å². The van der Waals surface area contributed by atoms with Gasteiger partial charge in [-0.15, -0.1) is 0 Å². The number of aliphatic hydroxyl groups excluding tert-OH is 1. The molecule has 1 aliphatic heterocycles. The van der Waals surface area contributed by atoms with E-state index in [1.165, 1.54) is 24.1 Å². The van der Waals surface area contributed by atoms with Crippen LogP contribution in [0.25, 0.3) is 0 Å². The predicted octanol–water partition coefficient (Wildman–Crippen LogP) is 2.16. The van der Waals surface area contributed by atoms with E-state index in [1.54, 1.807) is 0 Å². The van der Waals surface area contributed by atoms with E-state index in [4.69, 9.17) is 9.84 Å². The lowest BCUT2D eigenvalue weighted by Crippen LogP contribution is -2.19. The zero-order chi connectivity index (χ0) is 14.2. The van der Waals surface area contributed by atoms with E-state index in [2.05, 4.69) is 28.4 Å². The second-order valence-corrected chi connectivity index (χ2v) is 5.18. The van der Waals surface area contributed by atoms with E-state index in [1.807, 2.05) is 6.92 Å². The molecule has 112 valence electrons. The standard InChI is InChI=1S/C16H26N2O2/c1-2-20-16-12-14(13-17-8-5-11-19)6-7-15(16)18-9-3-4-10-18/h6-7,12,17,19H,2-5,8-11,13H2,1H3. The van der Waals surface area contributed by atoms with E-state index < -0.39 is 0 Å². The Morgan fingerprint density at radius 2 is 2.10 bits per heavy atom. The molecule has 0 unspecified atom stereocenters. The van der Waals surface area contributed by atoms with Crippen LogP contribution in [0.2, 0.25) is 0 Å². The van der Waals surface area contributed by atoms with Gasteiger partial charge >= 0.3 is 0 Å². The van der Waals surface area contributed by atoms with Crippen LogP contribution in [0.15, 0.2) is 18.2 Å². The van der Waals surface area contributed by atoms with Gasteiger partial charge in [0.2, 0.25) is 0 Å². The van der Waals surface area contributed by atoms with Gasteiger partial charge in [-0.1, -0.05) is 6.07 Å². The first kappa shape index (κ1) is 15.1. The largest absolute Gasteiger partial charge is 0.492 e. The van der Waals surface area contributed by atoms with Crippen molar-refractivity contribution in [2.24, 2.45) is 0 Å². The van der Waals surface area contributed by atoms with Gasteiger partial charge in [0.15, 0.2) is 0 Å². The van der Waals surface area contributed by atoms with Crippen LogP contribution in [0.1, 0.15) is 31.7 Å². The third-order valence-corrected chi connectivity index (χ3v) is 3.61. The van der Waals surface area contributed by atoms with Crippen LogP contribution < -0.4 is 15.0 Å². The first-order chi connectivity index (χ1) is 9.85. The van der Waals surface area contributed by atoms with Crippen LogP contribution >= 0.6 is 0 Å². The van der Waals surface area contributed by atoms with E-state index in [0.717, 1.165) is 38.3 Å². The average molecular weight is 278 g/mol. The third kappa shape index (κ3) is 4.12. The number of anilines is 1. The fourth-order valence-corrected chi connectivity index (χ4v) is 2.60. The second-order valence-electron chi connectivity index (χ2n) is 5.18. The van der Waals surface area contributed by atoms with E-state index >= 15 is 0 Å². The summed E-state index contributed by atoms with van der Waals surface area (Å²) in [5.41, 5.74) is 2.46. The number of hydrogen-bond donors (Lipinski definition) is 2. The average Bonchev–Trinajstić information content (AvgIpc) is 2.98. The molecule has 1 saturated heterocycles. The Bertz CT molecular complexity index is 403. The number of ether oxygens (including phenoxy) is 1. The molecule has 0 bridgehead atoms. The fourth-order valence-electron chi connectivity index (χ4n) is 2.60. The zero-order valence-electron chi connectivity index (χ0n) is 12.4. The highest BCUT2D eigenvalue weighted by Crippen LogP contribution is 2.32. The summed E-state index contributed by atoms with van der Waals surface area (Å²) in [5.74, 6) is 0.996. The molecule has 4 heteroatoms. The van der Waals surface area contributed by atoms with Gasteiger partial charge in [-0.3, -0.25) is 0 Å². The predicted molar refractivity (Wildman–Crippen MR) is 82.5 cm³/mol. The molecule has 0 spiro atoms. The summed E-state index contributed by atoms with van der Waals surface area (Å²) in [4.78, 5) is 2.41. The summed E-state index contributed by atoms with van der Waals surface area (Å²) in [6.45, 7) is 6.89. The molecule has 0 atom stereocenters. The zero-order valence-corrected chi connectivity index (χ0v) is 12.4. The lowest BCUT2D eigenvalue weighted by Gasteiger charge is -2.22. The molecule has 0 saturated carbocycles. The van der Waals surface area contributed by atoms with E-state index in [0.29, 0.717) is 6.61 Å². The van der Waals surface area contributed by atoms with Gasteiger partial charge in [-0.2, -0.15) is 0 Å². The topological polar surface area (TPSA) is 44.7 Å². The number of rotatable bonds is 8. The minimum atomic E-state index is 0.241. The SMILES string of the molecule is CCOc1cc(CNCCCO)ccc1N1CCCC1. The second kappa shape index (κ2) is 8.12. The highest BCUT2D eigenvalue weighted by molar-refractivity contribution is 5.60. The number of aliphatic hydroxyl groups is 1. The minimum absolute atomic E-state index is 0.241. The molecule has 1 aliphatic rings. The summed E-state index contributed by atoms with van der Waals surface area (Å²) in [6, 6.07) is 6.49. The van der Waals surface area contributed by atoms with Crippen molar-refractivity contribution in [3.05, 3.63) is 23.8 Å². The molecule has 0 amide bonds. The summed E-state index contributed by atoms with van der Waals surface area (Å²) >= 11 is 0. The first-order valence-electron chi connectivity index (χ1n) is 7.67. The van der Waals surface area contributed by atoms with Crippen molar-refractivity contribution in [1.82, 2.24) is 5.32 Å².